The first-order chi connectivity index (χ1) is 13.1. The number of nitrogens with zero attached hydrogens (tertiary/aromatic N) is 1. The van der Waals surface area contributed by atoms with Gasteiger partial charge in [-0.2, -0.15) is 12.7 Å². The maximum atomic E-state index is 12.7. The molecule has 1 saturated heterocycles. The first-order valence-corrected chi connectivity index (χ1v) is 10.9. The second-order valence-electron chi connectivity index (χ2n) is 6.82. The van der Waals surface area contributed by atoms with Crippen LogP contribution in [0.2, 0.25) is 5.02 Å². The molecule has 0 spiro atoms. The summed E-state index contributed by atoms with van der Waals surface area (Å²) < 4.78 is 29.6. The molecule has 1 fully saturated rings. The Hall–Kier alpha value is -1.86. The van der Waals surface area contributed by atoms with Crippen molar-refractivity contribution < 1.29 is 8.42 Å². The Kier molecular flexibility index (Phi) is 5.23. The molecule has 142 valence electrons. The fraction of sp³-hybridized carbons (Fsp3) is 0.300. The van der Waals surface area contributed by atoms with Crippen LogP contribution in [0.5, 0.6) is 0 Å². The topological polar surface area (TPSA) is 65.2 Å². The fourth-order valence-corrected chi connectivity index (χ4v) is 5.30. The van der Waals surface area contributed by atoms with Crippen molar-refractivity contribution in [2.45, 2.75) is 18.8 Å². The van der Waals surface area contributed by atoms with E-state index in [4.69, 9.17) is 11.6 Å². The maximum Gasteiger partial charge on any atom is 0.279 e. The molecular formula is C20H22ClN3O2S. The summed E-state index contributed by atoms with van der Waals surface area (Å²) in [5, 5.41) is 1.70. The molecule has 0 aliphatic carbocycles. The molecule has 27 heavy (non-hydrogen) atoms. The zero-order valence-electron chi connectivity index (χ0n) is 14.9. The SMILES string of the molecule is O=S(=O)(NC[C@H](c1ccccc1Cl)c1c[nH]c2ccccc12)N1CCCC1. The van der Waals surface area contributed by atoms with Crippen LogP contribution in [0.3, 0.4) is 0 Å². The number of benzene rings is 2. The summed E-state index contributed by atoms with van der Waals surface area (Å²) in [6.07, 6.45) is 3.78. The first-order valence-electron chi connectivity index (χ1n) is 9.11. The molecule has 1 aromatic heterocycles. The summed E-state index contributed by atoms with van der Waals surface area (Å²) in [4.78, 5) is 3.28. The Morgan fingerprint density at radius 3 is 2.52 bits per heavy atom. The van der Waals surface area contributed by atoms with E-state index < -0.39 is 10.2 Å². The fourth-order valence-electron chi connectivity index (χ4n) is 3.74. The lowest BCUT2D eigenvalue weighted by Gasteiger charge is -2.22. The van der Waals surface area contributed by atoms with Crippen LogP contribution in [0.15, 0.2) is 54.7 Å². The number of rotatable bonds is 6. The molecule has 1 aliphatic heterocycles. The van der Waals surface area contributed by atoms with Crippen LogP contribution in [-0.2, 0) is 10.2 Å². The van der Waals surface area contributed by atoms with E-state index in [1.54, 1.807) is 0 Å². The van der Waals surface area contributed by atoms with Gasteiger partial charge in [0.05, 0.1) is 0 Å². The van der Waals surface area contributed by atoms with Crippen molar-refractivity contribution in [3.05, 3.63) is 70.9 Å². The number of aromatic nitrogens is 1. The number of H-pyrrole nitrogens is 1. The minimum absolute atomic E-state index is 0.188. The van der Waals surface area contributed by atoms with E-state index in [1.165, 1.54) is 4.31 Å². The minimum atomic E-state index is -3.49. The van der Waals surface area contributed by atoms with Crippen LogP contribution in [0.1, 0.15) is 29.9 Å². The van der Waals surface area contributed by atoms with E-state index in [0.29, 0.717) is 18.1 Å². The Labute approximate surface area is 164 Å². The average Bonchev–Trinajstić information content (AvgIpc) is 3.34. The van der Waals surface area contributed by atoms with Gasteiger partial charge >= 0.3 is 0 Å². The van der Waals surface area contributed by atoms with Crippen LogP contribution < -0.4 is 4.72 Å². The molecule has 0 saturated carbocycles. The van der Waals surface area contributed by atoms with Crippen molar-refractivity contribution >= 4 is 32.7 Å². The van der Waals surface area contributed by atoms with Crippen molar-refractivity contribution in [2.75, 3.05) is 19.6 Å². The molecule has 0 unspecified atom stereocenters. The van der Waals surface area contributed by atoms with Crippen molar-refractivity contribution in [1.29, 1.82) is 0 Å². The van der Waals surface area contributed by atoms with Crippen LogP contribution in [-0.4, -0.2) is 37.3 Å². The second-order valence-corrected chi connectivity index (χ2v) is 8.99. The standard InChI is InChI=1S/C20H22ClN3O2S/c21-19-9-3-1-7-15(19)18(14-23-27(25,26)24-11-5-6-12-24)17-13-22-20-10-4-2-8-16(17)20/h1-4,7-10,13,18,22-23H,5-6,11-12,14H2/t18-/m1/s1. The number of para-hydroxylation sites is 1. The maximum absolute atomic E-state index is 12.7. The first kappa shape index (κ1) is 18.5. The summed E-state index contributed by atoms with van der Waals surface area (Å²) in [6, 6.07) is 15.6. The average molecular weight is 404 g/mol. The molecule has 0 amide bonds. The molecule has 0 radical (unpaired) electrons. The second kappa shape index (κ2) is 7.64. The van der Waals surface area contributed by atoms with Gasteiger partial charge in [-0.25, -0.2) is 4.72 Å². The zero-order chi connectivity index (χ0) is 18.9. The molecule has 2 heterocycles. The molecule has 1 aliphatic rings. The van der Waals surface area contributed by atoms with Gasteiger partial charge in [0.1, 0.15) is 0 Å². The molecule has 2 N–H and O–H groups in total. The third kappa shape index (κ3) is 3.75. The van der Waals surface area contributed by atoms with Crippen molar-refractivity contribution in [3.8, 4) is 0 Å². The molecule has 7 heteroatoms. The van der Waals surface area contributed by atoms with E-state index in [0.717, 1.165) is 34.9 Å². The highest BCUT2D eigenvalue weighted by Crippen LogP contribution is 2.34. The van der Waals surface area contributed by atoms with Crippen LogP contribution >= 0.6 is 11.6 Å². The van der Waals surface area contributed by atoms with Gasteiger partial charge < -0.3 is 4.98 Å². The molecule has 5 nitrogen and oxygen atoms in total. The lowest BCUT2D eigenvalue weighted by atomic mass is 9.91. The summed E-state index contributed by atoms with van der Waals surface area (Å²) in [7, 11) is -3.49. The lowest BCUT2D eigenvalue weighted by molar-refractivity contribution is 0.463. The van der Waals surface area contributed by atoms with Gasteiger partial charge in [-0.1, -0.05) is 48.0 Å². The third-order valence-corrected chi connectivity index (χ3v) is 7.07. The predicted octanol–water partition coefficient (Wildman–Crippen LogP) is 3.88. The largest absolute Gasteiger partial charge is 0.361 e. The Morgan fingerprint density at radius 2 is 1.74 bits per heavy atom. The summed E-state index contributed by atoms with van der Waals surface area (Å²) in [5.74, 6) is -0.188. The van der Waals surface area contributed by atoms with Crippen molar-refractivity contribution in [3.63, 3.8) is 0 Å². The summed E-state index contributed by atoms with van der Waals surface area (Å²) in [6.45, 7) is 1.42. The monoisotopic (exact) mass is 403 g/mol. The van der Waals surface area contributed by atoms with Gasteiger partial charge in [0.25, 0.3) is 10.2 Å². The highest BCUT2D eigenvalue weighted by atomic mass is 35.5. The van der Waals surface area contributed by atoms with Gasteiger partial charge in [-0.3, -0.25) is 0 Å². The number of halogens is 1. The number of fused-ring (bicyclic) bond motifs is 1. The third-order valence-electron chi connectivity index (χ3n) is 5.15. The quantitative estimate of drug-likeness (QED) is 0.655. The normalized spacial score (nSPS) is 16.8. The summed E-state index contributed by atoms with van der Waals surface area (Å²) >= 11 is 6.47. The van der Waals surface area contributed by atoms with E-state index in [9.17, 15) is 8.42 Å². The highest BCUT2D eigenvalue weighted by molar-refractivity contribution is 7.87. The van der Waals surface area contributed by atoms with Gasteiger partial charge in [0.2, 0.25) is 0 Å². The number of hydrogen-bond acceptors (Lipinski definition) is 2. The molecule has 2 aromatic carbocycles. The van der Waals surface area contributed by atoms with Gasteiger partial charge in [0, 0.05) is 47.7 Å². The summed E-state index contributed by atoms with van der Waals surface area (Å²) in [5.41, 5.74) is 2.96. The predicted molar refractivity (Wildman–Crippen MR) is 109 cm³/mol. The van der Waals surface area contributed by atoms with E-state index >= 15 is 0 Å². The van der Waals surface area contributed by atoms with Crippen LogP contribution in [0, 0.1) is 0 Å². The number of aromatic amines is 1. The van der Waals surface area contributed by atoms with E-state index in [-0.39, 0.29) is 12.5 Å². The van der Waals surface area contributed by atoms with Crippen molar-refractivity contribution in [1.82, 2.24) is 14.0 Å². The van der Waals surface area contributed by atoms with Crippen LogP contribution in [0.25, 0.3) is 10.9 Å². The Bertz CT molecular complexity index is 1040. The van der Waals surface area contributed by atoms with E-state index in [2.05, 4.69) is 9.71 Å². The Balaban J connectivity index is 1.70. The molecule has 4 rings (SSSR count). The van der Waals surface area contributed by atoms with Crippen molar-refractivity contribution in [2.24, 2.45) is 0 Å². The number of hydrogen-bond donors (Lipinski definition) is 2. The molecule has 3 aromatic rings. The zero-order valence-corrected chi connectivity index (χ0v) is 16.4. The van der Waals surface area contributed by atoms with E-state index in [1.807, 2.05) is 54.7 Å². The van der Waals surface area contributed by atoms with Gasteiger partial charge in [-0.05, 0) is 36.1 Å². The molecular weight excluding hydrogens is 382 g/mol. The van der Waals surface area contributed by atoms with Gasteiger partial charge in [0.15, 0.2) is 0 Å². The Morgan fingerprint density at radius 1 is 1.04 bits per heavy atom. The molecule has 0 bridgehead atoms. The van der Waals surface area contributed by atoms with Crippen LogP contribution in [0.4, 0.5) is 0 Å². The van der Waals surface area contributed by atoms with Gasteiger partial charge in [-0.15, -0.1) is 0 Å². The lowest BCUT2D eigenvalue weighted by Crippen LogP contribution is -2.40. The highest BCUT2D eigenvalue weighted by Gasteiger charge is 2.28. The molecule has 1 atom stereocenters. The number of nitrogens with one attached hydrogen (secondary N) is 2. The minimum Gasteiger partial charge on any atom is -0.361 e. The smallest absolute Gasteiger partial charge is 0.279 e.